The molecular formula is C22H40F3N5O5S. The molecule has 2 aliphatic heterocycles. The highest BCUT2D eigenvalue weighted by Crippen LogP contribution is 2.62. The largest absolute Gasteiger partial charge is 0.389 e. The first kappa shape index (κ1) is 32.2. The van der Waals surface area contributed by atoms with Crippen molar-refractivity contribution in [3.8, 4) is 0 Å². The Hall–Kier alpha value is -1.87. The summed E-state index contributed by atoms with van der Waals surface area (Å²) in [5.74, 6) is 0. The van der Waals surface area contributed by atoms with Gasteiger partial charge >= 0.3 is 6.18 Å². The number of aromatic nitrogens is 2. The van der Waals surface area contributed by atoms with Crippen LogP contribution >= 0.6 is 10.8 Å². The topological polar surface area (TPSA) is 123 Å². The van der Waals surface area contributed by atoms with Crippen LogP contribution in [0.15, 0.2) is 17.1 Å². The second-order valence-corrected chi connectivity index (χ2v) is 11.1. The average Bonchev–Trinajstić information content (AvgIpc) is 2.86. The lowest BCUT2D eigenvalue weighted by atomic mass is 10.0. The lowest BCUT2D eigenvalue weighted by Crippen LogP contribution is -2.53. The van der Waals surface area contributed by atoms with E-state index in [9.17, 15) is 22.5 Å². The van der Waals surface area contributed by atoms with Crippen LogP contribution in [0.2, 0.25) is 0 Å². The molecule has 0 spiro atoms. The van der Waals surface area contributed by atoms with Crippen LogP contribution in [0, 0.1) is 0 Å². The molecule has 36 heavy (non-hydrogen) atoms. The lowest BCUT2D eigenvalue weighted by molar-refractivity contribution is -0.136. The van der Waals surface area contributed by atoms with Gasteiger partial charge in [0.25, 0.3) is 5.56 Å². The zero-order valence-corrected chi connectivity index (χ0v) is 22.3. The summed E-state index contributed by atoms with van der Waals surface area (Å²) in [4.78, 5) is 22.8. The van der Waals surface area contributed by atoms with Gasteiger partial charge in [0.2, 0.25) is 6.41 Å². The van der Waals surface area contributed by atoms with Gasteiger partial charge < -0.3 is 15.4 Å². The van der Waals surface area contributed by atoms with Crippen LogP contribution < -0.4 is 16.2 Å². The molecule has 14 heteroatoms. The minimum absolute atomic E-state index is 0.0705. The number of anilines is 1. The van der Waals surface area contributed by atoms with Crippen LogP contribution in [-0.4, -0.2) is 82.5 Å². The predicted octanol–water partition coefficient (Wildman–Crippen LogP) is 3.16. The van der Waals surface area contributed by atoms with Crippen molar-refractivity contribution in [2.45, 2.75) is 63.9 Å². The Morgan fingerprint density at radius 2 is 1.81 bits per heavy atom. The third-order valence-electron chi connectivity index (χ3n) is 6.06. The SMILES string of the molecule is CC.COS(O)(N1CCN(c2cnn(CCCC(F)(F)F)c(=O)c2)CC1)C1(C)CCOCC1.NC=O. The third kappa shape index (κ3) is 8.61. The zero-order chi connectivity index (χ0) is 27.4. The van der Waals surface area contributed by atoms with Crippen LogP contribution in [0.1, 0.15) is 46.5 Å². The molecule has 0 aliphatic carbocycles. The fourth-order valence-electron chi connectivity index (χ4n) is 4.08. The van der Waals surface area contributed by atoms with E-state index >= 15 is 0 Å². The van der Waals surface area contributed by atoms with E-state index in [1.54, 1.807) is 7.11 Å². The number of amides is 1. The van der Waals surface area contributed by atoms with E-state index in [-0.39, 0.29) is 24.1 Å². The maximum atomic E-state index is 12.3. The number of nitrogens with zero attached hydrogens (tertiary/aromatic N) is 4. The molecule has 2 aliphatic rings. The fourth-order valence-corrected chi connectivity index (χ4v) is 6.67. The molecule has 1 unspecified atom stereocenters. The van der Waals surface area contributed by atoms with Crippen LogP contribution in [0.5, 0.6) is 0 Å². The van der Waals surface area contributed by atoms with E-state index in [1.807, 2.05) is 30.0 Å². The predicted molar refractivity (Wildman–Crippen MR) is 135 cm³/mol. The van der Waals surface area contributed by atoms with Crippen molar-refractivity contribution >= 4 is 22.9 Å². The maximum Gasteiger partial charge on any atom is 0.389 e. The van der Waals surface area contributed by atoms with Crippen molar-refractivity contribution in [3.63, 3.8) is 0 Å². The molecule has 3 heterocycles. The maximum absolute atomic E-state index is 12.3. The molecule has 0 aromatic carbocycles. The number of hydrogen-bond donors (Lipinski definition) is 2. The molecule has 1 atom stereocenters. The molecule has 3 rings (SSSR count). The van der Waals surface area contributed by atoms with E-state index in [2.05, 4.69) is 10.8 Å². The van der Waals surface area contributed by atoms with Crippen molar-refractivity contribution in [1.29, 1.82) is 0 Å². The van der Waals surface area contributed by atoms with Gasteiger partial charge in [-0.3, -0.25) is 18.3 Å². The molecule has 2 fully saturated rings. The second kappa shape index (κ2) is 14.8. The molecule has 1 aromatic rings. The van der Waals surface area contributed by atoms with Gasteiger partial charge in [-0.2, -0.15) is 18.3 Å². The number of hydrogen-bond acceptors (Lipinski definition) is 8. The normalized spacial score (nSPS) is 20.6. The quantitative estimate of drug-likeness (QED) is 0.503. The van der Waals surface area contributed by atoms with Crippen LogP contribution in [-0.2, 0) is 20.3 Å². The second-order valence-electron chi connectivity index (χ2n) is 8.27. The number of rotatable bonds is 7. The smallest absolute Gasteiger partial charge is 0.381 e. The minimum atomic E-state index is -4.24. The van der Waals surface area contributed by atoms with Crippen molar-refractivity contribution in [1.82, 2.24) is 14.1 Å². The molecule has 2 saturated heterocycles. The summed E-state index contributed by atoms with van der Waals surface area (Å²) in [6.07, 6.45) is -2.15. The fraction of sp³-hybridized carbons (Fsp3) is 0.773. The van der Waals surface area contributed by atoms with Crippen LogP contribution in [0.25, 0.3) is 0 Å². The number of carbonyl (C=O) groups excluding carboxylic acids is 1. The van der Waals surface area contributed by atoms with Gasteiger partial charge in [0.1, 0.15) is 0 Å². The van der Waals surface area contributed by atoms with Crippen molar-refractivity contribution < 1.29 is 31.4 Å². The van der Waals surface area contributed by atoms with E-state index in [4.69, 9.17) is 13.7 Å². The summed E-state index contributed by atoms with van der Waals surface area (Å²) >= 11 is 0. The molecule has 210 valence electrons. The van der Waals surface area contributed by atoms with E-state index in [0.29, 0.717) is 45.1 Å². The summed E-state index contributed by atoms with van der Waals surface area (Å²) in [6, 6.07) is 1.41. The first-order valence-corrected chi connectivity index (χ1v) is 13.4. The highest BCUT2D eigenvalue weighted by molar-refractivity contribution is 8.24. The molecule has 3 N–H and O–H groups in total. The summed E-state index contributed by atoms with van der Waals surface area (Å²) in [7, 11) is -0.923. The first-order chi connectivity index (χ1) is 17.0. The number of aryl methyl sites for hydroxylation is 1. The van der Waals surface area contributed by atoms with Crippen molar-refractivity contribution in [2.75, 3.05) is 51.4 Å². The Bertz CT molecular complexity index is 846. The lowest BCUT2D eigenvalue weighted by Gasteiger charge is -2.59. The number of halogens is 3. The summed E-state index contributed by atoms with van der Waals surface area (Å²) in [6.45, 7) is 9.44. The molecule has 0 radical (unpaired) electrons. The number of nitrogens with two attached hydrogens (primary N) is 1. The zero-order valence-electron chi connectivity index (χ0n) is 21.5. The van der Waals surface area contributed by atoms with Gasteiger partial charge in [0.15, 0.2) is 0 Å². The Morgan fingerprint density at radius 1 is 1.25 bits per heavy atom. The van der Waals surface area contributed by atoms with Crippen LogP contribution in [0.3, 0.4) is 0 Å². The van der Waals surface area contributed by atoms with Gasteiger partial charge in [-0.1, -0.05) is 13.8 Å². The Labute approximate surface area is 212 Å². The highest BCUT2D eigenvalue weighted by atomic mass is 32.3. The molecule has 10 nitrogen and oxygen atoms in total. The third-order valence-corrected chi connectivity index (χ3v) is 9.29. The Morgan fingerprint density at radius 3 is 2.28 bits per heavy atom. The molecular weight excluding hydrogens is 503 g/mol. The van der Waals surface area contributed by atoms with Gasteiger partial charge in [-0.25, -0.2) is 8.99 Å². The molecule has 1 aromatic heterocycles. The minimum Gasteiger partial charge on any atom is -0.381 e. The van der Waals surface area contributed by atoms with Gasteiger partial charge in [0.05, 0.1) is 23.7 Å². The van der Waals surface area contributed by atoms with Crippen molar-refractivity contribution in [3.05, 3.63) is 22.6 Å². The number of piperazine rings is 1. The average molecular weight is 544 g/mol. The number of primary amides is 1. The monoisotopic (exact) mass is 543 g/mol. The Kier molecular flexibility index (Phi) is 13.2. The van der Waals surface area contributed by atoms with Gasteiger partial charge in [0, 0.05) is 58.4 Å². The van der Waals surface area contributed by atoms with E-state index in [1.165, 1.54) is 12.3 Å². The van der Waals surface area contributed by atoms with Gasteiger partial charge in [-0.15, -0.1) is 10.8 Å². The number of carbonyl (C=O) groups is 1. The standard InChI is InChI=1S/C19H31F3N4O4S.C2H6.CH3NO/c1-18(5-12-30-13-6-18)31(28,29-2)25-10-8-24(9-11-25)16-14-17(27)26(23-15-16)7-3-4-19(20,21)22;1-2;2-1-3/h14-15,28H,3-13H2,1-2H3;1-2H3;1H,(H2,2,3). The highest BCUT2D eigenvalue weighted by Gasteiger charge is 2.46. The Balaban J connectivity index is 0.00000120. The molecule has 0 bridgehead atoms. The van der Waals surface area contributed by atoms with Crippen LogP contribution in [0.4, 0.5) is 18.9 Å². The summed E-state index contributed by atoms with van der Waals surface area (Å²) in [5.41, 5.74) is 4.38. The molecule has 1 amide bonds. The van der Waals surface area contributed by atoms with E-state index < -0.39 is 28.9 Å². The number of alkyl halides is 3. The van der Waals surface area contributed by atoms with Gasteiger partial charge in [-0.05, 0) is 26.2 Å². The molecule has 0 saturated carbocycles. The summed E-state index contributed by atoms with van der Waals surface area (Å²) in [5, 5.41) is 4.04. The first-order valence-electron chi connectivity index (χ1n) is 12.0. The summed E-state index contributed by atoms with van der Waals surface area (Å²) < 4.78 is 62.2. The van der Waals surface area contributed by atoms with E-state index in [0.717, 1.165) is 17.5 Å². The van der Waals surface area contributed by atoms with Crippen molar-refractivity contribution in [2.24, 2.45) is 5.73 Å². The number of ether oxygens (including phenoxy) is 1.